The number of rotatable bonds is 11. The van der Waals surface area contributed by atoms with Gasteiger partial charge in [-0.2, -0.15) is 0 Å². The summed E-state index contributed by atoms with van der Waals surface area (Å²) >= 11 is 0. The second-order valence-corrected chi connectivity index (χ2v) is 6.69. The van der Waals surface area contributed by atoms with Crippen molar-refractivity contribution >= 4 is 8.97 Å². The van der Waals surface area contributed by atoms with Gasteiger partial charge in [0.2, 0.25) is 0 Å². The fourth-order valence-corrected chi connectivity index (χ4v) is 3.93. The Morgan fingerprint density at radius 1 is 1.17 bits per heavy atom. The molecule has 0 amide bonds. The average Bonchev–Trinajstić information content (AvgIpc) is 2.42. The summed E-state index contributed by atoms with van der Waals surface area (Å²) < 4.78 is 18.4. The largest absolute Gasteiger partial charge is 0.600 e. The first-order valence-corrected chi connectivity index (χ1v) is 7.87. The van der Waals surface area contributed by atoms with Crippen molar-refractivity contribution in [1.82, 2.24) is 9.88 Å². The normalized spacial score (nSPS) is 14.2. The summed E-state index contributed by atoms with van der Waals surface area (Å²) in [5.41, 5.74) is 11.5. The van der Waals surface area contributed by atoms with E-state index in [1.165, 1.54) is 0 Å². The number of hydrogen-bond donors (Lipinski definition) is 3. The van der Waals surface area contributed by atoms with Crippen molar-refractivity contribution in [2.24, 2.45) is 11.5 Å². The van der Waals surface area contributed by atoms with Crippen molar-refractivity contribution in [3.8, 4) is 0 Å². The molecule has 0 heterocycles. The van der Waals surface area contributed by atoms with E-state index in [9.17, 15) is 0 Å². The summed E-state index contributed by atoms with van der Waals surface area (Å²) in [6, 6.07) is 0. The lowest BCUT2D eigenvalue weighted by atomic mass is 10.4. The highest BCUT2D eigenvalue weighted by Gasteiger charge is 2.48. The Hall–Kier alpha value is -0.0631. The van der Waals surface area contributed by atoms with Gasteiger partial charge in [0.1, 0.15) is 0 Å². The van der Waals surface area contributed by atoms with Crippen LogP contribution in [0.15, 0.2) is 0 Å². The lowest BCUT2D eigenvalue weighted by Gasteiger charge is -2.38. The van der Waals surface area contributed by atoms with Gasteiger partial charge in [0.05, 0.1) is 6.17 Å². The molecule has 0 aromatic heterocycles. The predicted molar refractivity (Wildman–Crippen MR) is 73.7 cm³/mol. The van der Waals surface area contributed by atoms with E-state index < -0.39 is 8.97 Å². The molecule has 0 bridgehead atoms. The SMILES string of the molecule is CCC(N)N(CCNCCN)[Si](OC)(OC)OC. The first kappa shape index (κ1) is 17.9. The van der Waals surface area contributed by atoms with Crippen LogP contribution in [0.1, 0.15) is 13.3 Å². The molecular formula is C10H28N4O3Si. The minimum Gasteiger partial charge on any atom is -0.364 e. The van der Waals surface area contributed by atoms with Gasteiger partial charge in [-0.1, -0.05) is 6.92 Å². The fourth-order valence-electron chi connectivity index (χ4n) is 1.75. The van der Waals surface area contributed by atoms with E-state index in [1.807, 2.05) is 11.5 Å². The van der Waals surface area contributed by atoms with Gasteiger partial charge < -0.3 is 30.1 Å². The van der Waals surface area contributed by atoms with Gasteiger partial charge >= 0.3 is 8.97 Å². The molecule has 0 aliphatic heterocycles. The van der Waals surface area contributed by atoms with Gasteiger partial charge in [0.25, 0.3) is 0 Å². The Morgan fingerprint density at radius 3 is 2.11 bits per heavy atom. The van der Waals surface area contributed by atoms with Crippen molar-refractivity contribution in [3.63, 3.8) is 0 Å². The molecule has 8 heteroatoms. The lowest BCUT2D eigenvalue weighted by Crippen LogP contribution is -2.66. The summed E-state index contributed by atoms with van der Waals surface area (Å²) in [7, 11) is 1.90. The van der Waals surface area contributed by atoms with Crippen molar-refractivity contribution in [2.75, 3.05) is 47.5 Å². The molecule has 0 rings (SSSR count). The van der Waals surface area contributed by atoms with Crippen LogP contribution in [-0.4, -0.2) is 67.2 Å². The van der Waals surface area contributed by atoms with Crippen LogP contribution in [0.4, 0.5) is 0 Å². The third-order valence-corrected chi connectivity index (χ3v) is 5.60. The summed E-state index contributed by atoms with van der Waals surface area (Å²) in [5.74, 6) is 0. The number of nitrogens with zero attached hydrogens (tertiary/aromatic N) is 1. The molecule has 1 atom stereocenters. The van der Waals surface area contributed by atoms with Gasteiger partial charge in [-0.25, -0.2) is 4.57 Å². The molecule has 0 aliphatic carbocycles. The number of nitrogens with one attached hydrogen (secondary N) is 1. The Bertz CT molecular complexity index is 199. The van der Waals surface area contributed by atoms with Crippen molar-refractivity contribution < 1.29 is 13.3 Å². The molecule has 18 heavy (non-hydrogen) atoms. The van der Waals surface area contributed by atoms with Crippen LogP contribution in [-0.2, 0) is 13.3 Å². The first-order chi connectivity index (χ1) is 8.61. The van der Waals surface area contributed by atoms with Gasteiger partial charge in [-0.05, 0) is 6.42 Å². The molecule has 0 aromatic rings. The third kappa shape index (κ3) is 4.90. The van der Waals surface area contributed by atoms with Crippen molar-refractivity contribution in [3.05, 3.63) is 0 Å². The van der Waals surface area contributed by atoms with E-state index in [2.05, 4.69) is 5.32 Å². The minimum atomic E-state index is -2.85. The topological polar surface area (TPSA) is 95.0 Å². The molecule has 110 valence electrons. The van der Waals surface area contributed by atoms with Crippen LogP contribution in [0.25, 0.3) is 0 Å². The Morgan fingerprint density at radius 2 is 1.72 bits per heavy atom. The minimum absolute atomic E-state index is 0.156. The van der Waals surface area contributed by atoms with Gasteiger partial charge in [0, 0.05) is 47.5 Å². The van der Waals surface area contributed by atoms with Crippen LogP contribution in [0, 0.1) is 0 Å². The second kappa shape index (κ2) is 9.81. The Labute approximate surface area is 111 Å². The molecule has 0 radical (unpaired) electrons. The number of nitrogens with two attached hydrogens (primary N) is 2. The molecule has 7 nitrogen and oxygen atoms in total. The highest BCUT2D eigenvalue weighted by atomic mass is 28.4. The molecule has 0 spiro atoms. The number of hydrogen-bond acceptors (Lipinski definition) is 7. The Balaban J connectivity index is 4.63. The van der Waals surface area contributed by atoms with E-state index in [4.69, 9.17) is 24.7 Å². The predicted octanol–water partition coefficient (Wildman–Crippen LogP) is -1.09. The van der Waals surface area contributed by atoms with Crippen LogP contribution in [0.3, 0.4) is 0 Å². The Kier molecular flexibility index (Phi) is 9.78. The average molecular weight is 280 g/mol. The van der Waals surface area contributed by atoms with E-state index in [-0.39, 0.29) is 6.17 Å². The maximum Gasteiger partial charge on any atom is 0.600 e. The lowest BCUT2D eigenvalue weighted by molar-refractivity contribution is 0.0416. The van der Waals surface area contributed by atoms with Gasteiger partial charge in [-0.15, -0.1) is 0 Å². The van der Waals surface area contributed by atoms with Crippen LogP contribution < -0.4 is 16.8 Å². The summed E-state index contributed by atoms with van der Waals surface area (Å²) in [6.45, 7) is 4.86. The van der Waals surface area contributed by atoms with Gasteiger partial charge in [0.15, 0.2) is 0 Å². The smallest absolute Gasteiger partial charge is 0.364 e. The zero-order valence-corrected chi connectivity index (χ0v) is 12.9. The monoisotopic (exact) mass is 280 g/mol. The quantitative estimate of drug-likeness (QED) is 0.251. The van der Waals surface area contributed by atoms with E-state index in [1.54, 1.807) is 21.3 Å². The zero-order chi connectivity index (χ0) is 14.0. The van der Waals surface area contributed by atoms with Crippen LogP contribution in [0.5, 0.6) is 0 Å². The summed E-state index contributed by atoms with van der Waals surface area (Å²) in [4.78, 5) is 0. The first-order valence-electron chi connectivity index (χ1n) is 6.20. The van der Waals surface area contributed by atoms with E-state index >= 15 is 0 Å². The molecule has 1 unspecified atom stereocenters. The molecule has 0 saturated carbocycles. The van der Waals surface area contributed by atoms with Crippen molar-refractivity contribution in [1.29, 1.82) is 0 Å². The highest BCUT2D eigenvalue weighted by molar-refractivity contribution is 6.57. The van der Waals surface area contributed by atoms with Gasteiger partial charge in [-0.3, -0.25) is 0 Å². The third-order valence-electron chi connectivity index (χ3n) is 2.79. The molecule has 5 N–H and O–H groups in total. The van der Waals surface area contributed by atoms with E-state index in [0.717, 1.165) is 19.5 Å². The fraction of sp³-hybridized carbons (Fsp3) is 1.00. The van der Waals surface area contributed by atoms with Crippen LogP contribution in [0.2, 0.25) is 0 Å². The highest BCUT2D eigenvalue weighted by Crippen LogP contribution is 2.15. The zero-order valence-electron chi connectivity index (χ0n) is 11.9. The van der Waals surface area contributed by atoms with Crippen molar-refractivity contribution in [2.45, 2.75) is 19.5 Å². The molecule has 0 aromatic carbocycles. The maximum atomic E-state index is 6.11. The molecule has 0 fully saturated rings. The molecule has 0 aliphatic rings. The summed E-state index contributed by atoms with van der Waals surface area (Å²) in [5, 5.41) is 3.22. The maximum absolute atomic E-state index is 6.11. The second-order valence-electron chi connectivity index (χ2n) is 3.84. The van der Waals surface area contributed by atoms with Crippen LogP contribution >= 0.6 is 0 Å². The summed E-state index contributed by atoms with van der Waals surface area (Å²) in [6.07, 6.45) is 0.637. The molecule has 0 saturated heterocycles. The molecular weight excluding hydrogens is 252 g/mol. The van der Waals surface area contributed by atoms with E-state index in [0.29, 0.717) is 13.1 Å². The standard InChI is InChI=1S/C10H28N4O3Si/c1-5-10(12)14(9-8-13-7-6-11)18(15-2,16-3)17-4/h10,13H,5-9,11-12H2,1-4H3.